The third kappa shape index (κ3) is 3.42. The van der Waals surface area contributed by atoms with Crippen LogP contribution in [0.2, 0.25) is 6.82 Å². The summed E-state index contributed by atoms with van der Waals surface area (Å²) in [5.41, 5.74) is 0. The van der Waals surface area contributed by atoms with E-state index in [1.54, 1.807) is 6.82 Å². The standard InChI is InChI=1S/C11H22BNO4/c1-12(15)13-7-10(6-9(13)8-14)17-11-4-2-3-5-16-11/h9-11,14-15H,2-8H2,1H3. The molecule has 2 N–H and O–H groups in total. The lowest BCUT2D eigenvalue weighted by atomic mass is 9.84. The summed E-state index contributed by atoms with van der Waals surface area (Å²) in [7, 11) is -0.534. The lowest BCUT2D eigenvalue weighted by molar-refractivity contribution is -0.184. The van der Waals surface area contributed by atoms with Gasteiger partial charge in [0.1, 0.15) is 0 Å². The maximum absolute atomic E-state index is 9.61. The first-order chi connectivity index (χ1) is 8.20. The Kier molecular flexibility index (Phi) is 4.82. The molecular weight excluding hydrogens is 221 g/mol. The molecule has 0 bridgehead atoms. The number of nitrogens with zero attached hydrogens (tertiary/aromatic N) is 1. The Bertz CT molecular complexity index is 236. The molecule has 2 rings (SSSR count). The Morgan fingerprint density at radius 3 is 2.82 bits per heavy atom. The van der Waals surface area contributed by atoms with Crippen LogP contribution in [0.1, 0.15) is 25.7 Å². The van der Waals surface area contributed by atoms with Gasteiger partial charge < -0.3 is 24.4 Å². The molecule has 2 saturated heterocycles. The van der Waals surface area contributed by atoms with Crippen molar-refractivity contribution in [3.63, 3.8) is 0 Å². The Labute approximate surface area is 103 Å². The summed E-state index contributed by atoms with van der Waals surface area (Å²) in [6, 6.07) is 0.00332. The van der Waals surface area contributed by atoms with Crippen LogP contribution in [-0.2, 0) is 9.47 Å². The molecule has 0 aromatic carbocycles. The maximum Gasteiger partial charge on any atom is 0.376 e. The van der Waals surface area contributed by atoms with Crippen LogP contribution in [0.15, 0.2) is 0 Å². The van der Waals surface area contributed by atoms with Crippen molar-refractivity contribution in [1.29, 1.82) is 0 Å². The highest BCUT2D eigenvalue weighted by Crippen LogP contribution is 2.24. The molecule has 0 saturated carbocycles. The third-order valence-electron chi connectivity index (χ3n) is 3.59. The van der Waals surface area contributed by atoms with Gasteiger partial charge in [0.15, 0.2) is 6.29 Å². The molecule has 6 heteroatoms. The van der Waals surface area contributed by atoms with E-state index in [0.29, 0.717) is 6.54 Å². The van der Waals surface area contributed by atoms with E-state index in [2.05, 4.69) is 0 Å². The molecule has 0 radical (unpaired) electrons. The average Bonchev–Trinajstić information content (AvgIpc) is 2.73. The molecule has 3 unspecified atom stereocenters. The second-order valence-corrected chi connectivity index (χ2v) is 4.95. The summed E-state index contributed by atoms with van der Waals surface area (Å²) in [5.74, 6) is 0. The van der Waals surface area contributed by atoms with Crippen LogP contribution in [0, 0.1) is 0 Å². The van der Waals surface area contributed by atoms with E-state index in [1.165, 1.54) is 0 Å². The van der Waals surface area contributed by atoms with Crippen molar-refractivity contribution in [3.05, 3.63) is 0 Å². The average molecular weight is 243 g/mol. The van der Waals surface area contributed by atoms with E-state index in [1.807, 2.05) is 4.81 Å². The van der Waals surface area contributed by atoms with Crippen LogP contribution in [0.25, 0.3) is 0 Å². The molecule has 0 aromatic heterocycles. The molecule has 0 spiro atoms. The first kappa shape index (κ1) is 13.3. The lowest BCUT2D eigenvalue weighted by Crippen LogP contribution is -2.43. The van der Waals surface area contributed by atoms with Crippen molar-refractivity contribution < 1.29 is 19.6 Å². The molecule has 2 aliphatic rings. The predicted octanol–water partition coefficient (Wildman–Crippen LogP) is 0.0751. The van der Waals surface area contributed by atoms with Crippen LogP contribution < -0.4 is 0 Å². The lowest BCUT2D eigenvalue weighted by Gasteiger charge is -2.26. The fraction of sp³-hybridized carbons (Fsp3) is 1.00. The van der Waals surface area contributed by atoms with Crippen molar-refractivity contribution in [2.75, 3.05) is 19.8 Å². The van der Waals surface area contributed by atoms with Gasteiger partial charge in [0.25, 0.3) is 0 Å². The SMILES string of the molecule is CB(O)N1CC(OC2CCCCO2)CC1CO. The van der Waals surface area contributed by atoms with Gasteiger partial charge in [-0.05, 0) is 32.5 Å². The van der Waals surface area contributed by atoms with E-state index in [0.717, 1.165) is 32.3 Å². The Hall–Kier alpha value is -0.135. The first-order valence-corrected chi connectivity index (χ1v) is 6.52. The molecular formula is C11H22BNO4. The number of rotatable bonds is 4. The van der Waals surface area contributed by atoms with Crippen LogP contribution in [0.5, 0.6) is 0 Å². The summed E-state index contributed by atoms with van der Waals surface area (Å²) in [4.78, 5) is 1.88. The monoisotopic (exact) mass is 243 g/mol. The fourth-order valence-corrected chi connectivity index (χ4v) is 2.67. The number of ether oxygens (including phenoxy) is 2. The number of hydrogen-bond acceptors (Lipinski definition) is 5. The topological polar surface area (TPSA) is 62.2 Å². The zero-order valence-electron chi connectivity index (χ0n) is 10.4. The van der Waals surface area contributed by atoms with Gasteiger partial charge in [0, 0.05) is 19.2 Å². The minimum atomic E-state index is -0.534. The van der Waals surface area contributed by atoms with Crippen LogP contribution in [0.3, 0.4) is 0 Å². The minimum Gasteiger partial charge on any atom is -0.437 e. The zero-order valence-corrected chi connectivity index (χ0v) is 10.4. The highest BCUT2D eigenvalue weighted by atomic mass is 16.7. The molecule has 2 heterocycles. The van der Waals surface area contributed by atoms with Gasteiger partial charge in [-0.25, -0.2) is 0 Å². The van der Waals surface area contributed by atoms with E-state index >= 15 is 0 Å². The molecule has 2 fully saturated rings. The van der Waals surface area contributed by atoms with E-state index in [9.17, 15) is 10.1 Å². The summed E-state index contributed by atoms with van der Waals surface area (Å²) >= 11 is 0. The smallest absolute Gasteiger partial charge is 0.376 e. The Balaban J connectivity index is 1.82. The Morgan fingerprint density at radius 2 is 2.29 bits per heavy atom. The van der Waals surface area contributed by atoms with Crippen molar-refractivity contribution >= 4 is 7.05 Å². The van der Waals surface area contributed by atoms with Gasteiger partial charge in [-0.15, -0.1) is 0 Å². The van der Waals surface area contributed by atoms with Crippen LogP contribution in [0.4, 0.5) is 0 Å². The fourth-order valence-electron chi connectivity index (χ4n) is 2.67. The molecule has 0 aliphatic carbocycles. The summed E-state index contributed by atoms with van der Waals surface area (Å²) in [5, 5.41) is 18.9. The largest absolute Gasteiger partial charge is 0.437 e. The molecule has 5 nitrogen and oxygen atoms in total. The summed E-state index contributed by atoms with van der Waals surface area (Å²) in [6.45, 7) is 3.24. The maximum atomic E-state index is 9.61. The minimum absolute atomic E-state index is 0.00332. The number of hydrogen-bond donors (Lipinski definition) is 2. The van der Waals surface area contributed by atoms with Gasteiger partial charge in [-0.3, -0.25) is 0 Å². The predicted molar refractivity (Wildman–Crippen MR) is 64.5 cm³/mol. The first-order valence-electron chi connectivity index (χ1n) is 6.52. The van der Waals surface area contributed by atoms with Crippen LogP contribution >= 0.6 is 0 Å². The van der Waals surface area contributed by atoms with E-state index < -0.39 is 7.05 Å². The second-order valence-electron chi connectivity index (χ2n) is 4.95. The normalized spacial score (nSPS) is 35.1. The summed E-state index contributed by atoms with van der Waals surface area (Å²) in [6.07, 6.45) is 3.95. The van der Waals surface area contributed by atoms with Crippen molar-refractivity contribution in [1.82, 2.24) is 4.81 Å². The molecule has 0 aromatic rings. The van der Waals surface area contributed by atoms with Gasteiger partial charge >= 0.3 is 7.05 Å². The van der Waals surface area contributed by atoms with Crippen LogP contribution in [-0.4, -0.2) is 60.2 Å². The Morgan fingerprint density at radius 1 is 1.47 bits per heavy atom. The molecule has 0 amide bonds. The molecule has 17 heavy (non-hydrogen) atoms. The molecule has 98 valence electrons. The highest BCUT2D eigenvalue weighted by Gasteiger charge is 2.37. The van der Waals surface area contributed by atoms with Crippen molar-refractivity contribution in [2.24, 2.45) is 0 Å². The zero-order chi connectivity index (χ0) is 12.3. The van der Waals surface area contributed by atoms with Gasteiger partial charge in [0.05, 0.1) is 12.7 Å². The number of aliphatic hydroxyl groups excluding tert-OH is 1. The van der Waals surface area contributed by atoms with Gasteiger partial charge in [0.2, 0.25) is 0 Å². The quantitative estimate of drug-likeness (QED) is 0.684. The molecule has 3 atom stereocenters. The van der Waals surface area contributed by atoms with E-state index in [-0.39, 0.29) is 25.0 Å². The summed E-state index contributed by atoms with van der Waals surface area (Å²) < 4.78 is 11.4. The molecule has 2 aliphatic heterocycles. The number of aliphatic hydroxyl groups is 1. The van der Waals surface area contributed by atoms with E-state index in [4.69, 9.17) is 9.47 Å². The van der Waals surface area contributed by atoms with Gasteiger partial charge in [-0.1, -0.05) is 0 Å². The second kappa shape index (κ2) is 6.16. The van der Waals surface area contributed by atoms with Crippen molar-refractivity contribution in [2.45, 2.75) is 50.9 Å². The highest BCUT2D eigenvalue weighted by molar-refractivity contribution is 6.45. The van der Waals surface area contributed by atoms with Gasteiger partial charge in [-0.2, -0.15) is 0 Å². The van der Waals surface area contributed by atoms with Crippen molar-refractivity contribution in [3.8, 4) is 0 Å². The third-order valence-corrected chi connectivity index (χ3v) is 3.59.